The van der Waals surface area contributed by atoms with E-state index in [4.69, 9.17) is 5.73 Å². The van der Waals surface area contributed by atoms with Crippen molar-refractivity contribution in [3.63, 3.8) is 0 Å². The number of nitrogens with one attached hydrogen (secondary N) is 3. The lowest BCUT2D eigenvalue weighted by atomic mass is 9.81. The predicted octanol–water partition coefficient (Wildman–Crippen LogP) is 1.89. The summed E-state index contributed by atoms with van der Waals surface area (Å²) in [7, 11) is 0. The van der Waals surface area contributed by atoms with Gasteiger partial charge in [0, 0.05) is 12.5 Å². The predicted molar refractivity (Wildman–Crippen MR) is 132 cm³/mol. The van der Waals surface area contributed by atoms with Crippen LogP contribution in [-0.2, 0) is 14.4 Å². The Kier molecular flexibility index (Phi) is 14.5. The lowest BCUT2D eigenvalue weighted by Crippen LogP contribution is -2.58. The Labute approximate surface area is 200 Å². The van der Waals surface area contributed by atoms with E-state index >= 15 is 0 Å². The molecule has 0 aromatic heterocycles. The summed E-state index contributed by atoms with van der Waals surface area (Å²) in [6, 6.07) is -1.84. The average Bonchev–Trinajstić information content (AvgIpc) is 2.78. The molecule has 0 radical (unpaired) electrons. The van der Waals surface area contributed by atoms with Crippen LogP contribution in [0.4, 0.5) is 0 Å². The van der Waals surface area contributed by atoms with Crippen LogP contribution in [0, 0.1) is 17.8 Å². The highest BCUT2D eigenvalue weighted by molar-refractivity contribution is 5.94. The maximum atomic E-state index is 13.1. The largest absolute Gasteiger partial charge is 0.391 e. The second-order valence-electron chi connectivity index (χ2n) is 9.84. The third-order valence-electron chi connectivity index (χ3n) is 6.64. The minimum Gasteiger partial charge on any atom is -0.391 e. The molecule has 8 nitrogen and oxygen atoms in total. The average molecular weight is 469 g/mol. The number of hydrogen-bond donors (Lipinski definition) is 5. The van der Waals surface area contributed by atoms with Gasteiger partial charge in [0.25, 0.3) is 0 Å². The van der Waals surface area contributed by atoms with Crippen molar-refractivity contribution >= 4 is 17.6 Å². The standard InChI is InChI=1S/C25H48N4O4/c1-5-6-7-8-9-10-11-19-13-15-27-16-20(19)24(32)29-22(18(4)30)25(33)28-21(12-14-26)23(31)17(2)3/h17-22,27,30H,5-16,26H2,1-4H3,(H,28,33)(H,29,32)/t18-,19?,20?,21-,22-/m0/s1. The van der Waals surface area contributed by atoms with Crippen LogP contribution in [0.3, 0.4) is 0 Å². The summed E-state index contributed by atoms with van der Waals surface area (Å²) in [5.74, 6) is -1.10. The number of unbranched alkanes of at least 4 members (excludes halogenated alkanes) is 5. The normalized spacial score (nSPS) is 21.3. The topological polar surface area (TPSA) is 134 Å². The van der Waals surface area contributed by atoms with Crippen LogP contribution in [0.15, 0.2) is 0 Å². The minimum absolute atomic E-state index is 0.111. The molecule has 0 spiro atoms. The van der Waals surface area contributed by atoms with E-state index in [1.54, 1.807) is 13.8 Å². The summed E-state index contributed by atoms with van der Waals surface area (Å²) in [6.07, 6.45) is 8.45. The Morgan fingerprint density at radius 3 is 2.33 bits per heavy atom. The molecule has 1 saturated heterocycles. The lowest BCUT2D eigenvalue weighted by Gasteiger charge is -2.33. The first-order valence-electron chi connectivity index (χ1n) is 13.0. The highest BCUT2D eigenvalue weighted by Crippen LogP contribution is 2.26. The SMILES string of the molecule is CCCCCCCCC1CCNCC1C(=O)N[C@H](C(=O)N[C@@H](CCN)C(=O)C(C)C)[C@H](C)O. The zero-order valence-corrected chi connectivity index (χ0v) is 21.2. The number of aliphatic hydroxyl groups is 1. The Balaban J connectivity index is 2.72. The van der Waals surface area contributed by atoms with Gasteiger partial charge in [-0.3, -0.25) is 14.4 Å². The van der Waals surface area contributed by atoms with Gasteiger partial charge in [-0.2, -0.15) is 0 Å². The van der Waals surface area contributed by atoms with Crippen molar-refractivity contribution in [2.45, 2.75) is 104 Å². The first-order valence-corrected chi connectivity index (χ1v) is 13.0. The molecule has 0 aromatic rings. The number of piperidine rings is 1. The van der Waals surface area contributed by atoms with Crippen molar-refractivity contribution in [1.82, 2.24) is 16.0 Å². The molecule has 0 aliphatic carbocycles. The van der Waals surface area contributed by atoms with E-state index in [-0.39, 0.29) is 36.0 Å². The lowest BCUT2D eigenvalue weighted by molar-refractivity contribution is -0.136. The number of Topliss-reactive ketones (excluding diaryl/α,β-unsaturated/α-hetero) is 1. The fourth-order valence-corrected chi connectivity index (χ4v) is 4.53. The van der Waals surface area contributed by atoms with E-state index in [1.165, 1.54) is 39.0 Å². The van der Waals surface area contributed by atoms with Crippen molar-refractivity contribution < 1.29 is 19.5 Å². The molecule has 0 saturated carbocycles. The Morgan fingerprint density at radius 2 is 1.73 bits per heavy atom. The van der Waals surface area contributed by atoms with Crippen LogP contribution in [0.5, 0.6) is 0 Å². The molecular formula is C25H48N4O4. The molecule has 2 amide bonds. The van der Waals surface area contributed by atoms with Crippen LogP contribution in [0.1, 0.15) is 85.5 Å². The van der Waals surface area contributed by atoms with E-state index in [9.17, 15) is 19.5 Å². The van der Waals surface area contributed by atoms with E-state index in [0.717, 1.165) is 25.8 Å². The molecule has 1 heterocycles. The molecule has 5 atom stereocenters. The van der Waals surface area contributed by atoms with Gasteiger partial charge in [0.2, 0.25) is 11.8 Å². The van der Waals surface area contributed by atoms with Crippen molar-refractivity contribution in [1.29, 1.82) is 0 Å². The van der Waals surface area contributed by atoms with Gasteiger partial charge in [-0.25, -0.2) is 0 Å². The number of nitrogens with two attached hydrogens (primary N) is 1. The van der Waals surface area contributed by atoms with Crippen LogP contribution in [-0.4, -0.2) is 60.5 Å². The number of amides is 2. The first kappa shape index (κ1) is 29.5. The molecule has 8 heteroatoms. The van der Waals surface area contributed by atoms with E-state index < -0.39 is 24.1 Å². The first-order chi connectivity index (χ1) is 15.7. The maximum Gasteiger partial charge on any atom is 0.245 e. The fourth-order valence-electron chi connectivity index (χ4n) is 4.53. The third-order valence-corrected chi connectivity index (χ3v) is 6.64. The van der Waals surface area contributed by atoms with Gasteiger partial charge < -0.3 is 26.8 Å². The highest BCUT2D eigenvalue weighted by atomic mass is 16.3. The second kappa shape index (κ2) is 16.2. The Hall–Kier alpha value is -1.51. The van der Waals surface area contributed by atoms with Crippen molar-refractivity contribution in [3.05, 3.63) is 0 Å². The summed E-state index contributed by atoms with van der Waals surface area (Å²) in [6.45, 7) is 8.94. The maximum absolute atomic E-state index is 13.1. The summed E-state index contributed by atoms with van der Waals surface area (Å²) in [5, 5.41) is 19.0. The van der Waals surface area contributed by atoms with Crippen molar-refractivity contribution in [2.24, 2.45) is 23.5 Å². The fraction of sp³-hybridized carbons (Fsp3) is 0.880. The number of carbonyl (C=O) groups is 3. The Bertz CT molecular complexity index is 597. The molecule has 1 rings (SSSR count). The van der Waals surface area contributed by atoms with Gasteiger partial charge in [-0.1, -0.05) is 59.3 Å². The molecule has 33 heavy (non-hydrogen) atoms. The summed E-state index contributed by atoms with van der Waals surface area (Å²) in [4.78, 5) is 38.5. The molecule has 1 aliphatic heterocycles. The van der Waals surface area contributed by atoms with Gasteiger partial charge in [-0.05, 0) is 45.2 Å². The van der Waals surface area contributed by atoms with Gasteiger partial charge in [0.05, 0.1) is 18.1 Å². The van der Waals surface area contributed by atoms with Crippen LogP contribution in [0.25, 0.3) is 0 Å². The van der Waals surface area contributed by atoms with Crippen molar-refractivity contribution in [2.75, 3.05) is 19.6 Å². The van der Waals surface area contributed by atoms with Crippen LogP contribution in [0.2, 0.25) is 0 Å². The van der Waals surface area contributed by atoms with Gasteiger partial charge in [0.1, 0.15) is 6.04 Å². The summed E-state index contributed by atoms with van der Waals surface area (Å²) >= 11 is 0. The van der Waals surface area contributed by atoms with Crippen molar-refractivity contribution in [3.8, 4) is 0 Å². The molecule has 1 aliphatic rings. The monoisotopic (exact) mass is 468 g/mol. The number of carbonyl (C=O) groups excluding carboxylic acids is 3. The third kappa shape index (κ3) is 10.5. The minimum atomic E-state index is -1.12. The molecule has 1 fully saturated rings. The quantitative estimate of drug-likeness (QED) is 0.220. The highest BCUT2D eigenvalue weighted by Gasteiger charge is 2.35. The number of hydrogen-bond acceptors (Lipinski definition) is 6. The molecule has 192 valence electrons. The summed E-state index contributed by atoms with van der Waals surface area (Å²) < 4.78 is 0. The van der Waals surface area contributed by atoms with E-state index in [0.29, 0.717) is 13.0 Å². The van der Waals surface area contributed by atoms with Crippen LogP contribution < -0.4 is 21.7 Å². The zero-order chi connectivity index (χ0) is 24.8. The molecule has 2 unspecified atom stereocenters. The van der Waals surface area contributed by atoms with Gasteiger partial charge in [0.15, 0.2) is 5.78 Å². The van der Waals surface area contributed by atoms with Crippen LogP contribution >= 0.6 is 0 Å². The molecule has 6 N–H and O–H groups in total. The zero-order valence-electron chi connectivity index (χ0n) is 21.2. The number of rotatable bonds is 16. The molecule has 0 bridgehead atoms. The molecule has 0 aromatic carbocycles. The van der Waals surface area contributed by atoms with Gasteiger partial charge >= 0.3 is 0 Å². The Morgan fingerprint density at radius 1 is 1.06 bits per heavy atom. The number of ketones is 1. The second-order valence-corrected chi connectivity index (χ2v) is 9.84. The van der Waals surface area contributed by atoms with E-state index in [1.807, 2.05) is 0 Å². The van der Waals surface area contributed by atoms with Gasteiger partial charge in [-0.15, -0.1) is 0 Å². The summed E-state index contributed by atoms with van der Waals surface area (Å²) in [5.41, 5.74) is 5.62. The molecular weight excluding hydrogens is 420 g/mol. The number of aliphatic hydroxyl groups excluding tert-OH is 1. The smallest absolute Gasteiger partial charge is 0.245 e. The van der Waals surface area contributed by atoms with E-state index in [2.05, 4.69) is 22.9 Å².